The number of amides is 3. The molecule has 4 atom stereocenters. The van der Waals surface area contributed by atoms with Crippen molar-refractivity contribution in [3.8, 4) is 5.75 Å². The SMILES string of the molecule is CCC[C@@]1(NC(C)=O)CCN([C@@H](CCc2ccccc2)C(=O)N[C@@H](Cc2ccccc2)[C@H](O)CNCc2cccc(OC)c2)C1=O. The minimum atomic E-state index is -1.02. The fraction of sp³-hybridized carbons (Fsp3) is 0.432. The summed E-state index contributed by atoms with van der Waals surface area (Å²) in [6.45, 7) is 4.53. The Morgan fingerprint density at radius 1 is 0.978 bits per heavy atom. The van der Waals surface area contributed by atoms with E-state index < -0.39 is 23.7 Å². The molecule has 0 spiro atoms. The zero-order valence-corrected chi connectivity index (χ0v) is 27.2. The van der Waals surface area contributed by atoms with Crippen LogP contribution in [0.1, 0.15) is 56.2 Å². The lowest BCUT2D eigenvalue weighted by molar-refractivity contribution is -0.143. The third kappa shape index (κ3) is 9.40. The summed E-state index contributed by atoms with van der Waals surface area (Å²) in [5.74, 6) is -0.0417. The Kier molecular flexibility index (Phi) is 12.7. The van der Waals surface area contributed by atoms with Gasteiger partial charge in [0, 0.05) is 26.6 Å². The number of aliphatic hydroxyl groups is 1. The van der Waals surface area contributed by atoms with Crippen molar-refractivity contribution in [1.29, 1.82) is 0 Å². The van der Waals surface area contributed by atoms with E-state index in [0.717, 1.165) is 28.9 Å². The lowest BCUT2D eigenvalue weighted by Gasteiger charge is -2.33. The van der Waals surface area contributed by atoms with Gasteiger partial charge in [-0.15, -0.1) is 0 Å². The van der Waals surface area contributed by atoms with Gasteiger partial charge in [-0.1, -0.05) is 86.1 Å². The van der Waals surface area contributed by atoms with Gasteiger partial charge < -0.3 is 30.7 Å². The van der Waals surface area contributed by atoms with E-state index in [1.54, 1.807) is 12.0 Å². The van der Waals surface area contributed by atoms with Gasteiger partial charge in [0.15, 0.2) is 0 Å². The Hall–Kier alpha value is -4.21. The van der Waals surface area contributed by atoms with Gasteiger partial charge in [-0.2, -0.15) is 0 Å². The molecule has 0 aliphatic carbocycles. The fourth-order valence-electron chi connectivity index (χ4n) is 6.36. The number of rotatable bonds is 17. The highest BCUT2D eigenvalue weighted by Crippen LogP contribution is 2.31. The monoisotopic (exact) mass is 628 g/mol. The quantitative estimate of drug-likeness (QED) is 0.181. The Labute approximate surface area is 272 Å². The number of nitrogens with one attached hydrogen (secondary N) is 3. The Morgan fingerprint density at radius 2 is 1.65 bits per heavy atom. The first kappa shape index (κ1) is 34.7. The van der Waals surface area contributed by atoms with Crippen LogP contribution in [0.4, 0.5) is 0 Å². The van der Waals surface area contributed by atoms with Gasteiger partial charge in [-0.25, -0.2) is 0 Å². The van der Waals surface area contributed by atoms with Crippen molar-refractivity contribution in [3.63, 3.8) is 0 Å². The molecule has 1 aliphatic rings. The van der Waals surface area contributed by atoms with Crippen molar-refractivity contribution in [2.45, 2.75) is 82.6 Å². The van der Waals surface area contributed by atoms with Crippen LogP contribution in [0.5, 0.6) is 5.75 Å². The molecule has 1 aliphatic heterocycles. The van der Waals surface area contributed by atoms with Crippen molar-refractivity contribution in [2.75, 3.05) is 20.2 Å². The lowest BCUT2D eigenvalue weighted by atomic mass is 9.91. The topological polar surface area (TPSA) is 120 Å². The molecule has 0 unspecified atom stereocenters. The normalized spacial score (nSPS) is 18.1. The van der Waals surface area contributed by atoms with Crippen LogP contribution in [0.3, 0.4) is 0 Å². The van der Waals surface area contributed by atoms with Gasteiger partial charge in [0.25, 0.3) is 0 Å². The van der Waals surface area contributed by atoms with E-state index in [1.165, 1.54) is 6.92 Å². The molecule has 0 saturated carbocycles. The summed E-state index contributed by atoms with van der Waals surface area (Å²) in [5.41, 5.74) is 2.04. The highest BCUT2D eigenvalue weighted by molar-refractivity contribution is 5.96. The Bertz CT molecular complexity index is 1420. The molecule has 3 aromatic rings. The van der Waals surface area contributed by atoms with Crippen molar-refractivity contribution in [3.05, 3.63) is 102 Å². The maximum atomic E-state index is 14.2. The molecule has 9 heteroatoms. The van der Waals surface area contributed by atoms with Crippen LogP contribution in [0.25, 0.3) is 0 Å². The highest BCUT2D eigenvalue weighted by atomic mass is 16.5. The number of methoxy groups -OCH3 is 1. The van der Waals surface area contributed by atoms with Crippen molar-refractivity contribution in [2.24, 2.45) is 0 Å². The fourth-order valence-corrected chi connectivity index (χ4v) is 6.36. The number of benzene rings is 3. The van der Waals surface area contributed by atoms with Gasteiger partial charge in [-0.05, 0) is 60.9 Å². The maximum Gasteiger partial charge on any atom is 0.249 e. The van der Waals surface area contributed by atoms with Crippen LogP contribution < -0.4 is 20.7 Å². The molecule has 4 N–H and O–H groups in total. The molecule has 1 heterocycles. The first-order valence-corrected chi connectivity index (χ1v) is 16.2. The Balaban J connectivity index is 1.54. The summed E-state index contributed by atoms with van der Waals surface area (Å²) in [6, 6.07) is 26.0. The smallest absolute Gasteiger partial charge is 0.249 e. The number of hydrogen-bond acceptors (Lipinski definition) is 6. The molecule has 4 rings (SSSR count). The predicted octanol–water partition coefficient (Wildman–Crippen LogP) is 3.78. The van der Waals surface area contributed by atoms with Crippen molar-refractivity contribution in [1.82, 2.24) is 20.9 Å². The second-order valence-electron chi connectivity index (χ2n) is 12.2. The third-order valence-corrected chi connectivity index (χ3v) is 8.68. The summed E-state index contributed by atoms with van der Waals surface area (Å²) < 4.78 is 5.32. The number of carbonyl (C=O) groups excluding carboxylic acids is 3. The molecule has 0 bridgehead atoms. The number of nitrogens with zero attached hydrogens (tertiary/aromatic N) is 1. The second kappa shape index (κ2) is 16.9. The standard InChI is InChI=1S/C37H48N4O5/c1-4-20-37(40-27(2)42)21-22-41(36(37)45)33(19-18-28-12-7-5-8-13-28)35(44)39-32(24-29-14-9-6-10-15-29)34(43)26-38-25-30-16-11-17-31(23-30)46-3/h5-17,23,32-34,38,43H,4,18-22,24-26H2,1-3H3,(H,39,44)(H,40,42)/t32-,33-,34+,37+/m0/s1. The number of aliphatic hydroxyl groups excluding tert-OH is 1. The van der Waals surface area contributed by atoms with Crippen LogP contribution in [-0.4, -0.2) is 71.7 Å². The number of carbonyl (C=O) groups is 3. The predicted molar refractivity (Wildman–Crippen MR) is 179 cm³/mol. The van der Waals surface area contributed by atoms with E-state index in [4.69, 9.17) is 4.74 Å². The van der Waals surface area contributed by atoms with E-state index in [9.17, 15) is 19.5 Å². The van der Waals surface area contributed by atoms with Gasteiger partial charge in [-0.3, -0.25) is 14.4 Å². The third-order valence-electron chi connectivity index (χ3n) is 8.68. The molecular formula is C37H48N4O5. The van der Waals surface area contributed by atoms with E-state index >= 15 is 0 Å². The highest BCUT2D eigenvalue weighted by Gasteiger charge is 2.49. The van der Waals surface area contributed by atoms with Gasteiger partial charge in [0.1, 0.15) is 17.3 Å². The largest absolute Gasteiger partial charge is 0.497 e. The first-order chi connectivity index (χ1) is 22.2. The molecule has 246 valence electrons. The molecule has 9 nitrogen and oxygen atoms in total. The molecule has 3 amide bonds. The van der Waals surface area contributed by atoms with E-state index in [1.807, 2.05) is 91.9 Å². The molecule has 0 aromatic heterocycles. The summed E-state index contributed by atoms with van der Waals surface area (Å²) in [7, 11) is 1.62. The Morgan fingerprint density at radius 3 is 2.30 bits per heavy atom. The van der Waals surface area contributed by atoms with E-state index in [0.29, 0.717) is 45.2 Å². The molecule has 46 heavy (non-hydrogen) atoms. The van der Waals surface area contributed by atoms with Gasteiger partial charge >= 0.3 is 0 Å². The van der Waals surface area contributed by atoms with Crippen LogP contribution in [0.2, 0.25) is 0 Å². The summed E-state index contributed by atoms with van der Waals surface area (Å²) in [6.07, 6.45) is 2.18. The molecule has 0 radical (unpaired) electrons. The molecule has 1 saturated heterocycles. The lowest BCUT2D eigenvalue weighted by Crippen LogP contribution is -2.58. The van der Waals surface area contributed by atoms with E-state index in [2.05, 4.69) is 16.0 Å². The van der Waals surface area contributed by atoms with Crippen LogP contribution in [0, 0.1) is 0 Å². The molecular weight excluding hydrogens is 580 g/mol. The van der Waals surface area contributed by atoms with Gasteiger partial charge in [0.2, 0.25) is 17.7 Å². The van der Waals surface area contributed by atoms with Crippen LogP contribution >= 0.6 is 0 Å². The zero-order chi connectivity index (χ0) is 32.9. The summed E-state index contributed by atoms with van der Waals surface area (Å²) >= 11 is 0. The number of aryl methyl sites for hydroxylation is 1. The van der Waals surface area contributed by atoms with Crippen LogP contribution in [-0.2, 0) is 33.8 Å². The maximum absolute atomic E-state index is 14.2. The molecule has 3 aromatic carbocycles. The van der Waals surface area contributed by atoms with Crippen molar-refractivity contribution < 1.29 is 24.2 Å². The molecule has 1 fully saturated rings. The summed E-state index contributed by atoms with van der Waals surface area (Å²) in [5, 5.41) is 20.8. The first-order valence-electron chi connectivity index (χ1n) is 16.2. The average Bonchev–Trinajstić information content (AvgIpc) is 3.36. The minimum Gasteiger partial charge on any atom is -0.497 e. The second-order valence-corrected chi connectivity index (χ2v) is 12.2. The van der Waals surface area contributed by atoms with Gasteiger partial charge in [0.05, 0.1) is 19.3 Å². The average molecular weight is 629 g/mol. The van der Waals surface area contributed by atoms with Crippen LogP contribution in [0.15, 0.2) is 84.9 Å². The number of hydrogen-bond donors (Lipinski definition) is 4. The minimum absolute atomic E-state index is 0.224. The number of likely N-dealkylation sites (tertiary alicyclic amines) is 1. The summed E-state index contributed by atoms with van der Waals surface area (Å²) in [4.78, 5) is 42.0. The zero-order valence-electron chi connectivity index (χ0n) is 27.2. The van der Waals surface area contributed by atoms with E-state index in [-0.39, 0.29) is 24.3 Å². The van der Waals surface area contributed by atoms with Crippen molar-refractivity contribution >= 4 is 17.7 Å². The number of ether oxygens (including phenoxy) is 1.